The van der Waals surface area contributed by atoms with Crippen molar-refractivity contribution in [1.82, 2.24) is 14.7 Å². The average molecular weight is 566 g/mol. The van der Waals surface area contributed by atoms with Gasteiger partial charge in [-0.15, -0.1) is 0 Å². The highest BCUT2D eigenvalue weighted by Crippen LogP contribution is 2.48. The Hall–Kier alpha value is -3.53. The number of amides is 2. The first-order chi connectivity index (χ1) is 16.9. The summed E-state index contributed by atoms with van der Waals surface area (Å²) in [6.45, 7) is 3.28. The van der Waals surface area contributed by atoms with Crippen LogP contribution in [0.3, 0.4) is 0 Å². The van der Waals surface area contributed by atoms with Crippen molar-refractivity contribution in [3.8, 4) is 0 Å². The van der Waals surface area contributed by atoms with Crippen LogP contribution >= 0.6 is 0 Å². The fourth-order valence-electron chi connectivity index (χ4n) is 3.40. The van der Waals surface area contributed by atoms with E-state index in [2.05, 4.69) is 5.10 Å². The summed E-state index contributed by atoms with van der Waals surface area (Å²) >= 11 is 0. The second-order valence-corrected chi connectivity index (χ2v) is 9.03. The molecule has 38 heavy (non-hydrogen) atoms. The molecule has 0 spiro atoms. The van der Waals surface area contributed by atoms with E-state index in [4.69, 9.17) is 0 Å². The number of carboxylic acid groups (broad SMARTS) is 1. The number of aryl methyl sites for hydroxylation is 1. The van der Waals surface area contributed by atoms with Crippen molar-refractivity contribution < 1.29 is 58.6 Å². The predicted octanol–water partition coefficient (Wildman–Crippen LogP) is 5.93. The molecule has 2 amide bonds. The summed E-state index contributed by atoms with van der Waals surface area (Å²) in [7, 11) is 1.14. The number of nitrogens with zero attached hydrogens (tertiary/aromatic N) is 4. The molecule has 212 valence electrons. The average Bonchev–Trinajstić information content (AvgIpc) is 3.09. The van der Waals surface area contributed by atoms with Gasteiger partial charge in [-0.2, -0.15) is 40.2 Å². The van der Waals surface area contributed by atoms with E-state index >= 15 is 4.39 Å². The lowest BCUT2D eigenvalue weighted by Gasteiger charge is -2.33. The first-order valence-electron chi connectivity index (χ1n) is 10.3. The highest BCUT2D eigenvalue weighted by molar-refractivity contribution is 6.06. The summed E-state index contributed by atoms with van der Waals surface area (Å²) < 4.78 is 137. The molecule has 0 bridgehead atoms. The number of carbonyl (C=O) groups is 2. The van der Waals surface area contributed by atoms with Crippen LogP contribution in [0.2, 0.25) is 0 Å². The van der Waals surface area contributed by atoms with E-state index in [1.54, 1.807) is 0 Å². The second kappa shape index (κ2) is 9.65. The normalized spacial score (nSPS) is 13.0. The van der Waals surface area contributed by atoms with Gasteiger partial charge in [-0.3, -0.25) is 14.4 Å². The van der Waals surface area contributed by atoms with Gasteiger partial charge < -0.3 is 10.0 Å². The monoisotopic (exact) mass is 566 g/mol. The minimum atomic E-state index is -6.51. The summed E-state index contributed by atoms with van der Waals surface area (Å²) in [5.41, 5.74) is -10.3. The van der Waals surface area contributed by atoms with Crippen molar-refractivity contribution in [2.24, 2.45) is 7.05 Å². The van der Waals surface area contributed by atoms with Gasteiger partial charge in [0.25, 0.3) is 5.91 Å². The topological polar surface area (TPSA) is 78.7 Å². The van der Waals surface area contributed by atoms with Crippen molar-refractivity contribution in [2.45, 2.75) is 51.1 Å². The Morgan fingerprint density at radius 2 is 1.53 bits per heavy atom. The smallest absolute Gasteiger partial charge is 0.459 e. The van der Waals surface area contributed by atoms with Gasteiger partial charge in [0.05, 0.1) is 12.2 Å². The number of carbonyl (C=O) groups excluding carboxylic acids is 1. The molecule has 0 radical (unpaired) electrons. The van der Waals surface area contributed by atoms with E-state index in [9.17, 15) is 54.2 Å². The molecule has 7 nitrogen and oxygen atoms in total. The van der Waals surface area contributed by atoms with Crippen molar-refractivity contribution >= 4 is 17.7 Å². The summed E-state index contributed by atoms with van der Waals surface area (Å²) in [6, 6.07) is 1.15. The summed E-state index contributed by atoms with van der Waals surface area (Å²) in [4.78, 5) is 25.2. The molecule has 0 fully saturated rings. The molecule has 0 unspecified atom stereocenters. The lowest BCUT2D eigenvalue weighted by molar-refractivity contribution is -0.292. The number of alkyl halides is 8. The Kier molecular flexibility index (Phi) is 7.79. The Labute approximate surface area is 208 Å². The Morgan fingerprint density at radius 3 is 1.95 bits per heavy atom. The van der Waals surface area contributed by atoms with E-state index < -0.39 is 82.2 Å². The van der Waals surface area contributed by atoms with E-state index in [1.807, 2.05) is 0 Å². The highest BCUT2D eigenvalue weighted by atomic mass is 19.4. The molecule has 2 aromatic rings. The molecule has 1 aromatic heterocycles. The quantitative estimate of drug-likeness (QED) is 0.456. The molecule has 0 aliphatic heterocycles. The maximum absolute atomic E-state index is 15.3. The van der Waals surface area contributed by atoms with Gasteiger partial charge in [0, 0.05) is 25.2 Å². The van der Waals surface area contributed by atoms with Gasteiger partial charge in [-0.25, -0.2) is 13.6 Å². The SMILES string of the molecule is CN(C(=O)c1c(C(F)(F)F)c(C(F)(F)C(F)(F)F)nn1C)c1ccc(F)c(CN(C(=O)O)C(C)(C)C)c1F. The van der Waals surface area contributed by atoms with Gasteiger partial charge in [0.1, 0.15) is 17.1 Å². The summed E-state index contributed by atoms with van der Waals surface area (Å²) in [5.74, 6) is -10.9. The standard InChI is InChI=1S/C21H20F10N4O3/c1-18(2,3)35(17(37)38)8-9-10(22)6-7-11(13(9)23)33(4)16(36)14-12(20(26,27)28)15(32-34(14)5)19(24,25)21(29,30)31/h6-7H,8H2,1-5H3,(H,37,38). The van der Waals surface area contributed by atoms with Gasteiger partial charge in [0.15, 0.2) is 11.5 Å². The molecule has 0 atom stereocenters. The molecular formula is C21H20F10N4O3. The number of hydrogen-bond acceptors (Lipinski definition) is 3. The van der Waals surface area contributed by atoms with Crippen molar-refractivity contribution in [3.63, 3.8) is 0 Å². The molecular weight excluding hydrogens is 546 g/mol. The highest BCUT2D eigenvalue weighted by Gasteiger charge is 2.64. The van der Waals surface area contributed by atoms with Crippen LogP contribution in [0.5, 0.6) is 0 Å². The molecule has 2 rings (SSSR count). The van der Waals surface area contributed by atoms with Crippen LogP contribution in [0.25, 0.3) is 0 Å². The third kappa shape index (κ3) is 5.50. The fraction of sp³-hybridized carbons (Fsp3) is 0.476. The van der Waals surface area contributed by atoms with Crippen LogP contribution in [-0.2, 0) is 25.7 Å². The van der Waals surface area contributed by atoms with Crippen molar-refractivity contribution in [2.75, 3.05) is 11.9 Å². The number of aromatic nitrogens is 2. The van der Waals surface area contributed by atoms with Crippen molar-refractivity contribution in [1.29, 1.82) is 0 Å². The minimum absolute atomic E-state index is 0.113. The largest absolute Gasteiger partial charge is 0.465 e. The zero-order chi connectivity index (χ0) is 29.8. The van der Waals surface area contributed by atoms with Crippen molar-refractivity contribution in [3.05, 3.63) is 46.3 Å². The Morgan fingerprint density at radius 1 is 1.00 bits per heavy atom. The fourth-order valence-corrected chi connectivity index (χ4v) is 3.40. The number of anilines is 1. The number of rotatable bonds is 5. The van der Waals surface area contributed by atoms with Crippen LogP contribution in [0.15, 0.2) is 12.1 Å². The first-order valence-corrected chi connectivity index (χ1v) is 10.3. The second-order valence-electron chi connectivity index (χ2n) is 9.03. The van der Waals surface area contributed by atoms with Gasteiger partial charge in [-0.05, 0) is 32.9 Å². The molecule has 1 aromatic carbocycles. The van der Waals surface area contributed by atoms with E-state index in [0.717, 1.165) is 0 Å². The molecule has 0 aliphatic rings. The zero-order valence-corrected chi connectivity index (χ0v) is 20.2. The van der Waals surface area contributed by atoms with Crippen LogP contribution in [0, 0.1) is 11.6 Å². The molecule has 0 saturated heterocycles. The molecule has 0 saturated carbocycles. The molecule has 17 heteroatoms. The van der Waals surface area contributed by atoms with Crippen LogP contribution in [0.1, 0.15) is 48.1 Å². The number of halogens is 10. The third-order valence-electron chi connectivity index (χ3n) is 5.38. The predicted molar refractivity (Wildman–Crippen MR) is 111 cm³/mol. The Bertz CT molecular complexity index is 1250. The maximum atomic E-state index is 15.3. The third-order valence-corrected chi connectivity index (χ3v) is 5.38. The van der Waals surface area contributed by atoms with E-state index in [-0.39, 0.29) is 9.58 Å². The van der Waals surface area contributed by atoms with Gasteiger partial charge in [0.2, 0.25) is 0 Å². The molecule has 1 N–H and O–H groups in total. The minimum Gasteiger partial charge on any atom is -0.465 e. The number of benzene rings is 1. The number of hydrogen-bond donors (Lipinski definition) is 1. The maximum Gasteiger partial charge on any atom is 0.459 e. The lowest BCUT2D eigenvalue weighted by atomic mass is 10.0. The lowest BCUT2D eigenvalue weighted by Crippen LogP contribution is -2.44. The zero-order valence-electron chi connectivity index (χ0n) is 20.2. The van der Waals surface area contributed by atoms with E-state index in [1.165, 1.54) is 20.8 Å². The summed E-state index contributed by atoms with van der Waals surface area (Å²) in [6.07, 6.45) is -14.0. The molecule has 1 heterocycles. The van der Waals surface area contributed by atoms with Gasteiger partial charge >= 0.3 is 24.4 Å². The van der Waals surface area contributed by atoms with Crippen LogP contribution < -0.4 is 4.90 Å². The van der Waals surface area contributed by atoms with Crippen LogP contribution in [0.4, 0.5) is 54.4 Å². The van der Waals surface area contributed by atoms with E-state index in [0.29, 0.717) is 31.1 Å². The van der Waals surface area contributed by atoms with Gasteiger partial charge in [-0.1, -0.05) is 0 Å². The summed E-state index contributed by atoms with van der Waals surface area (Å²) in [5, 5.41) is 12.0. The van der Waals surface area contributed by atoms with Crippen LogP contribution in [-0.4, -0.2) is 50.6 Å². The first kappa shape index (κ1) is 30.7. The molecule has 0 aliphatic carbocycles. The Balaban J connectivity index is 2.70.